The molecule has 1 aliphatic rings. The van der Waals surface area contributed by atoms with E-state index in [0.717, 1.165) is 0 Å². The van der Waals surface area contributed by atoms with Gasteiger partial charge in [0.2, 0.25) is 5.91 Å². The second-order valence-corrected chi connectivity index (χ2v) is 4.18. The first-order chi connectivity index (χ1) is 5.41. The maximum absolute atomic E-state index is 13.0. The SMILES string of the molecule is CC(C)C(=O)NC1CC(C)(F)C1. The Morgan fingerprint density at radius 2 is 2.08 bits per heavy atom. The van der Waals surface area contributed by atoms with Crippen molar-refractivity contribution >= 4 is 5.91 Å². The van der Waals surface area contributed by atoms with Crippen molar-refractivity contribution in [2.24, 2.45) is 5.92 Å². The van der Waals surface area contributed by atoms with E-state index in [4.69, 9.17) is 0 Å². The molecule has 3 heteroatoms. The summed E-state index contributed by atoms with van der Waals surface area (Å²) in [5, 5.41) is 2.79. The topological polar surface area (TPSA) is 29.1 Å². The van der Waals surface area contributed by atoms with Crippen molar-refractivity contribution in [3.63, 3.8) is 0 Å². The van der Waals surface area contributed by atoms with Crippen LogP contribution in [0.25, 0.3) is 0 Å². The molecule has 0 heterocycles. The van der Waals surface area contributed by atoms with Gasteiger partial charge in [-0.3, -0.25) is 4.79 Å². The maximum atomic E-state index is 13.0. The fourth-order valence-corrected chi connectivity index (χ4v) is 1.44. The van der Waals surface area contributed by atoms with Crippen LogP contribution in [0.3, 0.4) is 0 Å². The van der Waals surface area contributed by atoms with E-state index in [0.29, 0.717) is 12.8 Å². The van der Waals surface area contributed by atoms with E-state index >= 15 is 0 Å². The number of rotatable bonds is 2. The Morgan fingerprint density at radius 1 is 1.58 bits per heavy atom. The van der Waals surface area contributed by atoms with E-state index < -0.39 is 5.67 Å². The zero-order chi connectivity index (χ0) is 9.35. The Kier molecular flexibility index (Phi) is 2.40. The number of nitrogens with one attached hydrogen (secondary N) is 1. The molecule has 0 radical (unpaired) electrons. The average molecular weight is 173 g/mol. The van der Waals surface area contributed by atoms with Crippen molar-refractivity contribution in [1.29, 1.82) is 0 Å². The van der Waals surface area contributed by atoms with Crippen molar-refractivity contribution in [1.82, 2.24) is 5.32 Å². The predicted octanol–water partition coefficient (Wildman–Crippen LogP) is 1.65. The van der Waals surface area contributed by atoms with Gasteiger partial charge in [-0.15, -0.1) is 0 Å². The molecule has 0 aromatic rings. The van der Waals surface area contributed by atoms with Gasteiger partial charge in [-0.2, -0.15) is 0 Å². The van der Waals surface area contributed by atoms with Gasteiger partial charge in [0.1, 0.15) is 5.67 Å². The number of carbonyl (C=O) groups excluding carboxylic acids is 1. The van der Waals surface area contributed by atoms with Crippen LogP contribution in [-0.2, 0) is 4.79 Å². The summed E-state index contributed by atoms with van der Waals surface area (Å²) in [6.45, 7) is 5.25. The predicted molar refractivity (Wildman–Crippen MR) is 45.5 cm³/mol. The van der Waals surface area contributed by atoms with Crippen LogP contribution in [0.1, 0.15) is 33.6 Å². The molecule has 1 N–H and O–H groups in total. The van der Waals surface area contributed by atoms with Crippen molar-refractivity contribution in [3.8, 4) is 0 Å². The summed E-state index contributed by atoms with van der Waals surface area (Å²) in [4.78, 5) is 11.1. The molecule has 0 aromatic carbocycles. The largest absolute Gasteiger partial charge is 0.353 e. The maximum Gasteiger partial charge on any atom is 0.222 e. The lowest BCUT2D eigenvalue weighted by Crippen LogP contribution is -2.52. The zero-order valence-electron chi connectivity index (χ0n) is 7.86. The molecule has 12 heavy (non-hydrogen) atoms. The van der Waals surface area contributed by atoms with Crippen LogP contribution in [0.5, 0.6) is 0 Å². The smallest absolute Gasteiger partial charge is 0.222 e. The minimum atomic E-state index is -1.05. The summed E-state index contributed by atoms with van der Waals surface area (Å²) in [5.41, 5.74) is -1.05. The van der Waals surface area contributed by atoms with Crippen molar-refractivity contribution < 1.29 is 9.18 Å². The summed E-state index contributed by atoms with van der Waals surface area (Å²) in [6, 6.07) is 0.0647. The minimum absolute atomic E-state index is 0.00327. The van der Waals surface area contributed by atoms with E-state index in [-0.39, 0.29) is 17.9 Å². The summed E-state index contributed by atoms with van der Waals surface area (Å²) in [6.07, 6.45) is 0.928. The molecule has 1 saturated carbocycles. The van der Waals surface area contributed by atoms with Gasteiger partial charge in [-0.05, 0) is 6.92 Å². The van der Waals surface area contributed by atoms with E-state index in [9.17, 15) is 9.18 Å². The Morgan fingerprint density at radius 3 is 2.42 bits per heavy atom. The van der Waals surface area contributed by atoms with E-state index in [2.05, 4.69) is 5.32 Å². The average Bonchev–Trinajstić information content (AvgIpc) is 1.83. The van der Waals surface area contributed by atoms with Crippen LogP contribution >= 0.6 is 0 Å². The zero-order valence-corrected chi connectivity index (χ0v) is 7.86. The molecule has 0 spiro atoms. The number of hydrogen-bond donors (Lipinski definition) is 1. The quantitative estimate of drug-likeness (QED) is 0.676. The van der Waals surface area contributed by atoms with Crippen LogP contribution in [-0.4, -0.2) is 17.6 Å². The molecule has 0 saturated heterocycles. The second kappa shape index (κ2) is 3.04. The highest BCUT2D eigenvalue weighted by Gasteiger charge is 2.41. The highest BCUT2D eigenvalue weighted by atomic mass is 19.1. The molecule has 1 aliphatic carbocycles. The Bertz CT molecular complexity index is 181. The molecule has 2 nitrogen and oxygen atoms in total. The van der Waals surface area contributed by atoms with E-state index in [1.54, 1.807) is 6.92 Å². The lowest BCUT2D eigenvalue weighted by molar-refractivity contribution is -0.126. The Hall–Kier alpha value is -0.600. The third kappa shape index (κ3) is 2.19. The second-order valence-electron chi connectivity index (χ2n) is 4.18. The molecular weight excluding hydrogens is 157 g/mol. The summed E-state index contributed by atoms with van der Waals surface area (Å²) in [5.74, 6) is 0.0203. The summed E-state index contributed by atoms with van der Waals surface area (Å²) >= 11 is 0. The number of alkyl halides is 1. The van der Waals surface area contributed by atoms with Gasteiger partial charge in [-0.1, -0.05) is 13.8 Å². The molecule has 1 rings (SSSR count). The summed E-state index contributed by atoms with van der Waals surface area (Å²) in [7, 11) is 0. The van der Waals surface area contributed by atoms with Gasteiger partial charge in [0.05, 0.1) is 0 Å². The molecule has 70 valence electrons. The third-order valence-corrected chi connectivity index (χ3v) is 2.21. The first kappa shape index (κ1) is 9.49. The number of amides is 1. The number of halogens is 1. The minimum Gasteiger partial charge on any atom is -0.353 e. The highest BCUT2D eigenvalue weighted by molar-refractivity contribution is 5.78. The van der Waals surface area contributed by atoms with Gasteiger partial charge in [-0.25, -0.2) is 4.39 Å². The molecule has 0 aromatic heterocycles. The van der Waals surface area contributed by atoms with Crippen LogP contribution in [0, 0.1) is 5.92 Å². The fourth-order valence-electron chi connectivity index (χ4n) is 1.44. The third-order valence-electron chi connectivity index (χ3n) is 2.21. The van der Waals surface area contributed by atoms with Gasteiger partial charge in [0.25, 0.3) is 0 Å². The van der Waals surface area contributed by atoms with Crippen LogP contribution in [0.2, 0.25) is 0 Å². The molecule has 0 bridgehead atoms. The fraction of sp³-hybridized carbons (Fsp3) is 0.889. The highest BCUT2D eigenvalue weighted by Crippen LogP contribution is 2.35. The molecule has 0 unspecified atom stereocenters. The number of carbonyl (C=O) groups is 1. The van der Waals surface area contributed by atoms with Crippen LogP contribution < -0.4 is 5.32 Å². The van der Waals surface area contributed by atoms with E-state index in [1.165, 1.54) is 0 Å². The Balaban J connectivity index is 2.23. The van der Waals surface area contributed by atoms with Crippen LogP contribution in [0.15, 0.2) is 0 Å². The number of hydrogen-bond acceptors (Lipinski definition) is 1. The van der Waals surface area contributed by atoms with Gasteiger partial charge in [0.15, 0.2) is 0 Å². The Labute approximate surface area is 72.5 Å². The van der Waals surface area contributed by atoms with Gasteiger partial charge < -0.3 is 5.32 Å². The molecular formula is C9H16FNO. The van der Waals surface area contributed by atoms with Crippen molar-refractivity contribution in [2.45, 2.75) is 45.3 Å². The van der Waals surface area contributed by atoms with Crippen molar-refractivity contribution in [2.75, 3.05) is 0 Å². The first-order valence-electron chi connectivity index (χ1n) is 4.40. The lowest BCUT2D eigenvalue weighted by atomic mass is 9.78. The van der Waals surface area contributed by atoms with E-state index in [1.807, 2.05) is 13.8 Å². The summed E-state index contributed by atoms with van der Waals surface area (Å²) < 4.78 is 13.0. The normalized spacial score (nSPS) is 34.6. The standard InChI is InChI=1S/C9H16FNO/c1-6(2)8(12)11-7-4-9(3,10)5-7/h6-7H,4-5H2,1-3H3,(H,11,12). The van der Waals surface area contributed by atoms with Crippen LogP contribution in [0.4, 0.5) is 4.39 Å². The molecule has 1 fully saturated rings. The van der Waals surface area contributed by atoms with Crippen molar-refractivity contribution in [3.05, 3.63) is 0 Å². The molecule has 1 amide bonds. The monoisotopic (exact) mass is 173 g/mol. The lowest BCUT2D eigenvalue weighted by Gasteiger charge is -2.39. The van der Waals surface area contributed by atoms with Gasteiger partial charge in [0, 0.05) is 24.8 Å². The molecule has 0 atom stereocenters. The first-order valence-corrected chi connectivity index (χ1v) is 4.40. The molecule has 0 aliphatic heterocycles. The van der Waals surface area contributed by atoms with Gasteiger partial charge >= 0.3 is 0 Å².